The van der Waals surface area contributed by atoms with Crippen molar-refractivity contribution in [2.45, 2.75) is 39.5 Å². The molecular formula is C14H21BrClNO. The molecular weight excluding hydrogens is 314 g/mol. The minimum atomic E-state index is 0.583. The predicted molar refractivity (Wildman–Crippen MR) is 82.4 cm³/mol. The Morgan fingerprint density at radius 1 is 1.39 bits per heavy atom. The normalized spacial score (nSPS) is 12.4. The number of hydrogen-bond donors (Lipinski definition) is 1. The van der Waals surface area contributed by atoms with Crippen LogP contribution in [0.1, 0.15) is 39.5 Å². The summed E-state index contributed by atoms with van der Waals surface area (Å²) in [5.41, 5.74) is 6.49. The van der Waals surface area contributed by atoms with Crippen LogP contribution in [0.15, 0.2) is 16.6 Å². The maximum Gasteiger partial charge on any atom is 0.156 e. The van der Waals surface area contributed by atoms with Gasteiger partial charge in [0.25, 0.3) is 0 Å². The Balaban J connectivity index is 2.62. The molecule has 0 aromatic heterocycles. The summed E-state index contributed by atoms with van der Waals surface area (Å²) < 4.78 is 6.66. The molecule has 1 unspecified atom stereocenters. The standard InChI is InChI=1S/C14H21BrClNO/c1-3-5-6-10(4-2)9-18-14-12(15)7-11(16)8-13(14)17/h7-8,10H,3-6,9,17H2,1-2H3. The van der Waals surface area contributed by atoms with Crippen molar-refractivity contribution in [2.75, 3.05) is 12.3 Å². The molecule has 0 saturated heterocycles. The van der Waals surface area contributed by atoms with Gasteiger partial charge in [-0.15, -0.1) is 0 Å². The van der Waals surface area contributed by atoms with Crippen LogP contribution < -0.4 is 10.5 Å². The number of anilines is 1. The number of ether oxygens (including phenoxy) is 1. The van der Waals surface area contributed by atoms with Crippen LogP contribution in [-0.2, 0) is 0 Å². The molecule has 0 spiro atoms. The van der Waals surface area contributed by atoms with Gasteiger partial charge in [-0.3, -0.25) is 0 Å². The van der Waals surface area contributed by atoms with Crippen molar-refractivity contribution in [3.8, 4) is 5.75 Å². The van der Waals surface area contributed by atoms with Gasteiger partial charge in [0.05, 0.1) is 16.8 Å². The molecule has 0 aliphatic heterocycles. The fourth-order valence-corrected chi connectivity index (χ4v) is 2.78. The lowest BCUT2D eigenvalue weighted by Gasteiger charge is -2.17. The Kier molecular flexibility index (Phi) is 6.87. The summed E-state index contributed by atoms with van der Waals surface area (Å²) in [6, 6.07) is 3.52. The van der Waals surface area contributed by atoms with E-state index in [1.165, 1.54) is 19.3 Å². The Morgan fingerprint density at radius 2 is 2.11 bits per heavy atom. The monoisotopic (exact) mass is 333 g/mol. The highest BCUT2D eigenvalue weighted by Gasteiger charge is 2.11. The summed E-state index contributed by atoms with van der Waals surface area (Å²) in [7, 11) is 0. The van der Waals surface area contributed by atoms with Gasteiger partial charge in [0, 0.05) is 5.02 Å². The van der Waals surface area contributed by atoms with Crippen LogP contribution in [0, 0.1) is 5.92 Å². The first-order chi connectivity index (χ1) is 8.58. The molecule has 0 amide bonds. The van der Waals surface area contributed by atoms with Gasteiger partial charge < -0.3 is 10.5 Å². The minimum absolute atomic E-state index is 0.583. The smallest absolute Gasteiger partial charge is 0.156 e. The number of unbranched alkanes of at least 4 members (excludes halogenated alkanes) is 1. The van der Waals surface area contributed by atoms with Crippen molar-refractivity contribution in [1.29, 1.82) is 0 Å². The molecule has 1 rings (SSSR count). The van der Waals surface area contributed by atoms with E-state index in [-0.39, 0.29) is 0 Å². The molecule has 0 fully saturated rings. The van der Waals surface area contributed by atoms with Crippen LogP contribution in [0.25, 0.3) is 0 Å². The van der Waals surface area contributed by atoms with Crippen LogP contribution in [0.2, 0.25) is 5.02 Å². The van der Waals surface area contributed by atoms with Gasteiger partial charge in [-0.2, -0.15) is 0 Å². The molecule has 102 valence electrons. The topological polar surface area (TPSA) is 35.2 Å². The summed E-state index contributed by atoms with van der Waals surface area (Å²) in [4.78, 5) is 0. The van der Waals surface area contributed by atoms with E-state index in [1.54, 1.807) is 12.1 Å². The molecule has 0 saturated carbocycles. The van der Waals surface area contributed by atoms with E-state index >= 15 is 0 Å². The Hall–Kier alpha value is -0.410. The summed E-state index contributed by atoms with van der Waals surface area (Å²) in [6.45, 7) is 5.12. The Morgan fingerprint density at radius 3 is 2.67 bits per heavy atom. The van der Waals surface area contributed by atoms with E-state index in [9.17, 15) is 0 Å². The zero-order valence-corrected chi connectivity index (χ0v) is 13.4. The third kappa shape index (κ3) is 4.69. The number of benzene rings is 1. The number of hydrogen-bond acceptors (Lipinski definition) is 2. The molecule has 1 atom stereocenters. The van der Waals surface area contributed by atoms with E-state index in [0.717, 1.165) is 10.9 Å². The molecule has 0 bridgehead atoms. The third-order valence-corrected chi connectivity index (χ3v) is 3.85. The van der Waals surface area contributed by atoms with E-state index < -0.39 is 0 Å². The van der Waals surface area contributed by atoms with Gasteiger partial charge in [0.1, 0.15) is 0 Å². The van der Waals surface area contributed by atoms with Gasteiger partial charge in [-0.1, -0.05) is 44.7 Å². The summed E-state index contributed by atoms with van der Waals surface area (Å²) >= 11 is 9.35. The van der Waals surface area contributed by atoms with E-state index in [0.29, 0.717) is 29.0 Å². The molecule has 4 heteroatoms. The molecule has 0 radical (unpaired) electrons. The summed E-state index contributed by atoms with van der Waals surface area (Å²) in [5, 5.41) is 0.616. The number of rotatable bonds is 7. The van der Waals surface area contributed by atoms with Crippen molar-refractivity contribution in [1.82, 2.24) is 0 Å². The van der Waals surface area contributed by atoms with Crippen molar-refractivity contribution in [3.05, 3.63) is 21.6 Å². The molecule has 18 heavy (non-hydrogen) atoms. The lowest BCUT2D eigenvalue weighted by Crippen LogP contribution is -2.12. The second-order valence-corrected chi connectivity index (χ2v) is 5.82. The number of nitrogen functional groups attached to an aromatic ring is 1. The van der Waals surface area contributed by atoms with Crippen LogP contribution >= 0.6 is 27.5 Å². The first-order valence-corrected chi connectivity index (χ1v) is 7.62. The van der Waals surface area contributed by atoms with Gasteiger partial charge in [0.2, 0.25) is 0 Å². The minimum Gasteiger partial charge on any atom is -0.490 e. The van der Waals surface area contributed by atoms with Crippen molar-refractivity contribution in [3.63, 3.8) is 0 Å². The fourth-order valence-electron chi connectivity index (χ4n) is 1.83. The van der Waals surface area contributed by atoms with Crippen LogP contribution in [0.4, 0.5) is 5.69 Å². The maximum atomic E-state index is 5.92. The first-order valence-electron chi connectivity index (χ1n) is 6.45. The van der Waals surface area contributed by atoms with E-state index in [1.807, 2.05) is 0 Å². The maximum absolute atomic E-state index is 5.92. The average Bonchev–Trinajstić information content (AvgIpc) is 2.31. The van der Waals surface area contributed by atoms with Gasteiger partial charge in [-0.25, -0.2) is 0 Å². The van der Waals surface area contributed by atoms with E-state index in [4.69, 9.17) is 22.1 Å². The van der Waals surface area contributed by atoms with Crippen LogP contribution in [0.5, 0.6) is 5.75 Å². The van der Waals surface area contributed by atoms with Crippen molar-refractivity contribution >= 4 is 33.2 Å². The summed E-state index contributed by atoms with van der Waals surface area (Å²) in [5.74, 6) is 1.29. The zero-order chi connectivity index (χ0) is 13.5. The van der Waals surface area contributed by atoms with Gasteiger partial charge in [-0.05, 0) is 40.4 Å². The largest absolute Gasteiger partial charge is 0.490 e. The quantitative estimate of drug-likeness (QED) is 0.688. The average molecular weight is 335 g/mol. The Labute approximate surface area is 123 Å². The number of halogens is 2. The van der Waals surface area contributed by atoms with Crippen molar-refractivity contribution < 1.29 is 4.74 Å². The van der Waals surface area contributed by atoms with Gasteiger partial charge in [0.15, 0.2) is 5.75 Å². The van der Waals surface area contributed by atoms with Crippen LogP contribution in [-0.4, -0.2) is 6.61 Å². The zero-order valence-electron chi connectivity index (χ0n) is 11.0. The SMILES string of the molecule is CCCCC(CC)COc1c(N)cc(Cl)cc1Br. The molecule has 0 heterocycles. The predicted octanol–water partition coefficient (Wildman–Crippen LogP) is 5.28. The molecule has 1 aromatic carbocycles. The molecule has 0 aliphatic carbocycles. The molecule has 0 aliphatic rings. The molecule has 1 aromatic rings. The summed E-state index contributed by atoms with van der Waals surface area (Å²) in [6.07, 6.45) is 4.81. The Bertz CT molecular complexity index is 361. The lowest BCUT2D eigenvalue weighted by atomic mass is 10.0. The third-order valence-electron chi connectivity index (χ3n) is 3.04. The lowest BCUT2D eigenvalue weighted by molar-refractivity contribution is 0.233. The number of nitrogens with two attached hydrogens (primary N) is 1. The second kappa shape index (κ2) is 7.90. The second-order valence-electron chi connectivity index (χ2n) is 4.53. The highest BCUT2D eigenvalue weighted by Crippen LogP contribution is 2.35. The fraction of sp³-hybridized carbons (Fsp3) is 0.571. The first kappa shape index (κ1) is 15.6. The highest BCUT2D eigenvalue weighted by molar-refractivity contribution is 9.10. The molecule has 2 N–H and O–H groups in total. The van der Waals surface area contributed by atoms with E-state index in [2.05, 4.69) is 29.8 Å². The highest BCUT2D eigenvalue weighted by atomic mass is 79.9. The molecule has 2 nitrogen and oxygen atoms in total. The van der Waals surface area contributed by atoms with Crippen molar-refractivity contribution in [2.24, 2.45) is 5.92 Å². The van der Waals surface area contributed by atoms with Gasteiger partial charge >= 0.3 is 0 Å². The van der Waals surface area contributed by atoms with Crippen LogP contribution in [0.3, 0.4) is 0 Å².